The molecule has 148 valence electrons. The van der Waals surface area contributed by atoms with E-state index in [2.05, 4.69) is 4.72 Å². The van der Waals surface area contributed by atoms with Crippen LogP contribution >= 0.6 is 11.6 Å². The molecule has 1 aromatic rings. The maximum atomic E-state index is 13.1. The molecule has 4 nitrogen and oxygen atoms in total. The Labute approximate surface area is 167 Å². The molecule has 1 N–H and O–H groups in total. The molecule has 4 fully saturated rings. The highest BCUT2D eigenvalue weighted by Crippen LogP contribution is 2.57. The third-order valence-electron chi connectivity index (χ3n) is 7.06. The Morgan fingerprint density at radius 2 is 1.63 bits per heavy atom. The third kappa shape index (κ3) is 3.70. The van der Waals surface area contributed by atoms with E-state index in [-0.39, 0.29) is 15.7 Å². The van der Waals surface area contributed by atoms with Crippen molar-refractivity contribution in [2.75, 3.05) is 0 Å². The Morgan fingerprint density at radius 1 is 1.07 bits per heavy atom. The van der Waals surface area contributed by atoms with Crippen LogP contribution in [0.15, 0.2) is 29.2 Å². The molecule has 0 unspecified atom stereocenters. The van der Waals surface area contributed by atoms with Crippen molar-refractivity contribution in [3.05, 3.63) is 29.3 Å². The van der Waals surface area contributed by atoms with Crippen molar-refractivity contribution in [1.82, 2.24) is 4.72 Å². The second-order valence-corrected chi connectivity index (χ2v) is 11.4. The van der Waals surface area contributed by atoms with Gasteiger partial charge in [-0.1, -0.05) is 23.7 Å². The number of nitrogens with one attached hydrogen (secondary N) is 1. The predicted molar refractivity (Wildman–Crippen MR) is 106 cm³/mol. The van der Waals surface area contributed by atoms with Crippen LogP contribution in [0.5, 0.6) is 0 Å². The molecule has 1 aromatic carbocycles. The van der Waals surface area contributed by atoms with Crippen LogP contribution in [0.4, 0.5) is 0 Å². The van der Waals surface area contributed by atoms with Gasteiger partial charge in [0.1, 0.15) is 4.90 Å². The molecule has 4 aliphatic carbocycles. The number of benzene rings is 1. The van der Waals surface area contributed by atoms with Gasteiger partial charge < -0.3 is 0 Å². The molecule has 0 saturated heterocycles. The molecule has 4 bridgehead atoms. The third-order valence-corrected chi connectivity index (χ3v) is 9.21. The summed E-state index contributed by atoms with van der Waals surface area (Å²) in [5.41, 5.74) is -1.15. The first-order valence-corrected chi connectivity index (χ1v) is 11.8. The van der Waals surface area contributed by atoms with Gasteiger partial charge in [0.2, 0.25) is 10.0 Å². The summed E-state index contributed by atoms with van der Waals surface area (Å²) in [6.45, 7) is 3.33. The van der Waals surface area contributed by atoms with E-state index in [4.69, 9.17) is 11.6 Å². The molecule has 0 aromatic heterocycles. The maximum absolute atomic E-state index is 13.1. The fraction of sp³-hybridized carbons (Fsp3) is 0.667. The Hall–Kier alpha value is -0.910. The summed E-state index contributed by atoms with van der Waals surface area (Å²) < 4.78 is 28.1. The second-order valence-electron chi connectivity index (χ2n) is 9.38. The van der Waals surface area contributed by atoms with E-state index in [0.29, 0.717) is 24.2 Å². The van der Waals surface area contributed by atoms with Gasteiger partial charge in [-0.2, -0.15) is 4.72 Å². The lowest BCUT2D eigenvalue weighted by atomic mass is 9.51. The number of hydrogen-bond acceptors (Lipinski definition) is 3. The van der Waals surface area contributed by atoms with Crippen LogP contribution in [0.25, 0.3) is 0 Å². The van der Waals surface area contributed by atoms with Crippen LogP contribution in [-0.2, 0) is 14.8 Å². The number of hydrogen-bond donors (Lipinski definition) is 1. The zero-order valence-corrected chi connectivity index (χ0v) is 17.5. The van der Waals surface area contributed by atoms with Crippen molar-refractivity contribution in [2.24, 2.45) is 29.6 Å². The van der Waals surface area contributed by atoms with Crippen LogP contribution in [0.1, 0.15) is 52.4 Å². The highest BCUT2D eigenvalue weighted by atomic mass is 35.5. The van der Waals surface area contributed by atoms with Crippen LogP contribution in [0, 0.1) is 29.6 Å². The molecule has 0 amide bonds. The monoisotopic (exact) mass is 409 g/mol. The first kappa shape index (κ1) is 19.4. The lowest BCUT2D eigenvalue weighted by Crippen LogP contribution is -2.52. The summed E-state index contributed by atoms with van der Waals surface area (Å²) in [6, 6.07) is 6.32. The molecular formula is C21H28ClNO3S. The Balaban J connectivity index is 1.47. The molecule has 5 rings (SSSR count). The van der Waals surface area contributed by atoms with E-state index < -0.39 is 15.6 Å². The smallest absolute Gasteiger partial charge is 0.242 e. The van der Waals surface area contributed by atoms with Crippen molar-refractivity contribution in [2.45, 2.75) is 62.8 Å². The largest absolute Gasteiger partial charge is 0.298 e. The molecule has 27 heavy (non-hydrogen) atoms. The van der Waals surface area contributed by atoms with E-state index in [1.165, 1.54) is 38.2 Å². The van der Waals surface area contributed by atoms with E-state index in [1.807, 2.05) is 0 Å². The van der Waals surface area contributed by atoms with E-state index >= 15 is 0 Å². The topological polar surface area (TPSA) is 63.2 Å². The number of sulfonamides is 1. The van der Waals surface area contributed by atoms with Gasteiger partial charge in [0.05, 0.1) is 10.6 Å². The van der Waals surface area contributed by atoms with E-state index in [0.717, 1.165) is 11.8 Å². The van der Waals surface area contributed by atoms with Gasteiger partial charge >= 0.3 is 0 Å². The van der Waals surface area contributed by atoms with Gasteiger partial charge in [-0.15, -0.1) is 0 Å². The minimum absolute atomic E-state index is 0.0159. The molecule has 0 radical (unpaired) electrons. The van der Waals surface area contributed by atoms with Gasteiger partial charge in [-0.3, -0.25) is 4.79 Å². The standard InChI is InChI=1S/C21H28ClNO3S/c1-21(2,23-27(25,26)19-6-4-3-5-18(19)22)20(24)12-17-15-8-13-7-14(10-15)11-16(17)9-13/h3-6,13-17,23H,7-12H2,1-2H3. The minimum Gasteiger partial charge on any atom is -0.298 e. The van der Waals surface area contributed by atoms with Crippen molar-refractivity contribution in [3.8, 4) is 0 Å². The van der Waals surface area contributed by atoms with E-state index in [1.54, 1.807) is 32.0 Å². The summed E-state index contributed by atoms with van der Waals surface area (Å²) in [5, 5.41) is 0.161. The maximum Gasteiger partial charge on any atom is 0.242 e. The molecule has 6 heteroatoms. The van der Waals surface area contributed by atoms with Crippen LogP contribution in [-0.4, -0.2) is 19.7 Å². The summed E-state index contributed by atoms with van der Waals surface area (Å²) >= 11 is 6.05. The highest BCUT2D eigenvalue weighted by molar-refractivity contribution is 7.89. The highest BCUT2D eigenvalue weighted by Gasteiger charge is 2.49. The number of carbonyl (C=O) groups is 1. The number of Topliss-reactive ketones (excluding diaryl/α,β-unsaturated/α-hetero) is 1. The molecule has 0 spiro atoms. The molecule has 4 saturated carbocycles. The molecule has 0 heterocycles. The SMILES string of the molecule is CC(C)(NS(=O)(=O)c1ccccc1Cl)C(=O)CC1C2CC3CC(C2)CC1C3. The van der Waals surface area contributed by atoms with Gasteiger partial charge in [-0.05, 0) is 87.7 Å². The summed E-state index contributed by atoms with van der Waals surface area (Å²) in [5.74, 6) is 3.45. The fourth-order valence-corrected chi connectivity index (χ4v) is 7.87. The summed E-state index contributed by atoms with van der Waals surface area (Å²) in [7, 11) is -3.86. The number of ketones is 1. The summed E-state index contributed by atoms with van der Waals surface area (Å²) in [6.07, 6.45) is 6.91. The average Bonchev–Trinajstić information content (AvgIpc) is 2.56. The minimum atomic E-state index is -3.86. The first-order valence-electron chi connectivity index (χ1n) is 9.97. The van der Waals surface area contributed by atoms with Gasteiger partial charge in [0.15, 0.2) is 5.78 Å². The van der Waals surface area contributed by atoms with Gasteiger partial charge in [-0.25, -0.2) is 8.42 Å². The molecule has 0 atom stereocenters. The van der Waals surface area contributed by atoms with Crippen molar-refractivity contribution < 1.29 is 13.2 Å². The van der Waals surface area contributed by atoms with Crippen LogP contribution in [0.3, 0.4) is 0 Å². The predicted octanol–water partition coefficient (Wildman–Crippen LogP) is 4.43. The Bertz CT molecular complexity index is 821. The number of halogens is 1. The average molecular weight is 410 g/mol. The zero-order valence-electron chi connectivity index (χ0n) is 15.9. The zero-order chi connectivity index (χ0) is 19.4. The normalized spacial score (nSPS) is 32.6. The van der Waals surface area contributed by atoms with Crippen LogP contribution in [0.2, 0.25) is 5.02 Å². The fourth-order valence-electron chi connectivity index (χ4n) is 5.95. The van der Waals surface area contributed by atoms with Gasteiger partial charge in [0.25, 0.3) is 0 Å². The first-order chi connectivity index (χ1) is 12.7. The van der Waals surface area contributed by atoms with Crippen molar-refractivity contribution >= 4 is 27.4 Å². The van der Waals surface area contributed by atoms with Crippen LogP contribution < -0.4 is 4.72 Å². The summed E-state index contributed by atoms with van der Waals surface area (Å²) in [4.78, 5) is 13.1. The Kier molecular flexibility index (Phi) is 4.93. The van der Waals surface area contributed by atoms with Gasteiger partial charge in [0, 0.05) is 6.42 Å². The second kappa shape index (κ2) is 6.85. The quantitative estimate of drug-likeness (QED) is 0.755. The van der Waals surface area contributed by atoms with E-state index in [9.17, 15) is 13.2 Å². The molecular weight excluding hydrogens is 382 g/mol. The molecule has 4 aliphatic rings. The lowest BCUT2D eigenvalue weighted by molar-refractivity contribution is -0.128. The van der Waals surface area contributed by atoms with Crippen molar-refractivity contribution in [1.29, 1.82) is 0 Å². The van der Waals surface area contributed by atoms with Crippen molar-refractivity contribution in [3.63, 3.8) is 0 Å². The number of rotatable bonds is 6. The molecule has 0 aliphatic heterocycles. The number of carbonyl (C=O) groups excluding carboxylic acids is 1. The Morgan fingerprint density at radius 3 is 2.19 bits per heavy atom. The lowest BCUT2D eigenvalue weighted by Gasteiger charge is -2.54.